The monoisotopic (exact) mass is 542 g/mol. The van der Waals surface area contributed by atoms with E-state index in [9.17, 15) is 14.7 Å². The molecule has 1 aromatic heterocycles. The molecule has 3 aromatic carbocycles. The van der Waals surface area contributed by atoms with Crippen molar-refractivity contribution in [3.05, 3.63) is 105 Å². The van der Waals surface area contributed by atoms with Crippen molar-refractivity contribution in [3.63, 3.8) is 0 Å². The minimum Gasteiger partial charge on any atom is -0.489 e. The average molecular weight is 543 g/mol. The first-order valence-corrected chi connectivity index (χ1v) is 14.1. The molecule has 0 bridgehead atoms. The number of nitrogens with zero attached hydrogens (tertiary/aromatic N) is 2. The largest absolute Gasteiger partial charge is 0.489 e. The Morgan fingerprint density at radius 2 is 1.62 bits per heavy atom. The summed E-state index contributed by atoms with van der Waals surface area (Å²) in [6.07, 6.45) is 2.29. The molecule has 1 heterocycles. The summed E-state index contributed by atoms with van der Waals surface area (Å²) in [4.78, 5) is 30.4. The summed E-state index contributed by atoms with van der Waals surface area (Å²) in [5.74, 6) is -0.0204. The lowest BCUT2D eigenvalue weighted by Crippen LogP contribution is -2.35. The van der Waals surface area contributed by atoms with Crippen molar-refractivity contribution in [2.45, 2.75) is 52.7 Å². The van der Waals surface area contributed by atoms with Crippen LogP contribution in [0.1, 0.15) is 64.7 Å². The van der Waals surface area contributed by atoms with E-state index < -0.39 is 12.5 Å². The van der Waals surface area contributed by atoms with E-state index in [1.54, 1.807) is 12.1 Å². The summed E-state index contributed by atoms with van der Waals surface area (Å²) in [7, 11) is 0. The highest BCUT2D eigenvalue weighted by atomic mass is 32.1. The quantitative estimate of drug-likeness (QED) is 0.203. The number of benzene rings is 3. The number of aliphatic carboxylic acids is 1. The summed E-state index contributed by atoms with van der Waals surface area (Å²) >= 11 is 1.40. The molecule has 1 amide bonds. The molecule has 4 aromatic rings. The van der Waals surface area contributed by atoms with Crippen LogP contribution in [0.25, 0.3) is 11.3 Å². The standard InChI is InChI=1S/C32H34N2O4S/c1-4-24(5-2)25-12-8-23(9-13-25)20-38-28-16-14-26(15-17-28)29-21-39-30(33-29)18-34(19-31(35)36)32(37)27-10-6-22(3)7-11-27/h6-17,21,24H,4-5,18-20H2,1-3H3,(H,35,36). The van der Waals surface area contributed by atoms with E-state index >= 15 is 0 Å². The first-order chi connectivity index (χ1) is 18.9. The Morgan fingerprint density at radius 3 is 2.23 bits per heavy atom. The van der Waals surface area contributed by atoms with Crippen LogP contribution >= 0.6 is 11.3 Å². The van der Waals surface area contributed by atoms with Gasteiger partial charge in [-0.25, -0.2) is 4.98 Å². The van der Waals surface area contributed by atoms with Crippen molar-refractivity contribution in [1.82, 2.24) is 9.88 Å². The van der Waals surface area contributed by atoms with Crippen molar-refractivity contribution in [2.75, 3.05) is 6.54 Å². The molecule has 0 aliphatic heterocycles. The molecule has 0 atom stereocenters. The van der Waals surface area contributed by atoms with Gasteiger partial charge in [0.2, 0.25) is 0 Å². The molecule has 0 unspecified atom stereocenters. The highest BCUT2D eigenvalue weighted by Gasteiger charge is 2.20. The van der Waals surface area contributed by atoms with E-state index in [0.29, 0.717) is 23.1 Å². The van der Waals surface area contributed by atoms with Crippen molar-refractivity contribution in [3.8, 4) is 17.0 Å². The predicted molar refractivity (Wildman–Crippen MR) is 155 cm³/mol. The molecule has 202 valence electrons. The van der Waals surface area contributed by atoms with Gasteiger partial charge in [0.05, 0.1) is 12.2 Å². The number of carboxylic acid groups (broad SMARTS) is 1. The van der Waals surface area contributed by atoms with Crippen molar-refractivity contribution in [1.29, 1.82) is 0 Å². The molecule has 0 aliphatic carbocycles. The van der Waals surface area contributed by atoms with E-state index in [0.717, 1.165) is 41.0 Å². The third-order valence-electron chi connectivity index (χ3n) is 6.78. The van der Waals surface area contributed by atoms with Crippen LogP contribution in [0.4, 0.5) is 0 Å². The van der Waals surface area contributed by atoms with Crippen LogP contribution in [0.3, 0.4) is 0 Å². The Kier molecular flexibility index (Phi) is 9.49. The minimum atomic E-state index is -1.06. The summed E-state index contributed by atoms with van der Waals surface area (Å²) in [5.41, 5.74) is 5.69. The zero-order valence-electron chi connectivity index (χ0n) is 22.6. The Bertz CT molecular complexity index is 1380. The van der Waals surface area contributed by atoms with Gasteiger partial charge in [-0.05, 0) is 73.2 Å². The van der Waals surface area contributed by atoms with Gasteiger partial charge in [-0.1, -0.05) is 55.8 Å². The molecule has 0 aliphatic rings. The fourth-order valence-corrected chi connectivity index (χ4v) is 5.27. The summed E-state index contributed by atoms with van der Waals surface area (Å²) in [6.45, 7) is 6.62. The topological polar surface area (TPSA) is 79.7 Å². The molecular formula is C32H34N2O4S. The molecule has 0 spiro atoms. The lowest BCUT2D eigenvalue weighted by Gasteiger charge is -2.19. The van der Waals surface area contributed by atoms with Crippen LogP contribution in [0, 0.1) is 6.92 Å². The Labute approximate surface area is 233 Å². The van der Waals surface area contributed by atoms with Gasteiger partial charge in [0, 0.05) is 16.5 Å². The van der Waals surface area contributed by atoms with Crippen LogP contribution in [-0.2, 0) is 17.9 Å². The highest BCUT2D eigenvalue weighted by Crippen LogP contribution is 2.26. The van der Waals surface area contributed by atoms with Gasteiger partial charge in [-0.15, -0.1) is 11.3 Å². The Balaban J connectivity index is 1.38. The smallest absolute Gasteiger partial charge is 0.323 e. The van der Waals surface area contributed by atoms with E-state index in [1.807, 2.05) is 48.7 Å². The molecule has 0 radical (unpaired) electrons. The molecule has 39 heavy (non-hydrogen) atoms. The van der Waals surface area contributed by atoms with Crippen molar-refractivity contribution >= 4 is 23.2 Å². The maximum atomic E-state index is 13.0. The molecule has 6 nitrogen and oxygen atoms in total. The average Bonchev–Trinajstić information content (AvgIpc) is 3.41. The molecule has 7 heteroatoms. The van der Waals surface area contributed by atoms with Gasteiger partial charge in [0.25, 0.3) is 5.91 Å². The van der Waals surface area contributed by atoms with Crippen molar-refractivity contribution in [2.24, 2.45) is 0 Å². The second-order valence-electron chi connectivity index (χ2n) is 9.62. The van der Waals surface area contributed by atoms with Crippen LogP contribution in [0.15, 0.2) is 78.2 Å². The van der Waals surface area contributed by atoms with Gasteiger partial charge in [0.1, 0.15) is 23.9 Å². The van der Waals surface area contributed by atoms with Gasteiger partial charge >= 0.3 is 5.97 Å². The number of thiazole rings is 1. The number of hydrogen-bond acceptors (Lipinski definition) is 5. The molecular weight excluding hydrogens is 508 g/mol. The fourth-order valence-electron chi connectivity index (χ4n) is 4.46. The second kappa shape index (κ2) is 13.2. The predicted octanol–water partition coefficient (Wildman–Crippen LogP) is 7.33. The number of carbonyl (C=O) groups excluding carboxylic acids is 1. The third kappa shape index (κ3) is 7.54. The van der Waals surface area contributed by atoms with Gasteiger partial charge < -0.3 is 14.7 Å². The van der Waals surface area contributed by atoms with E-state index in [1.165, 1.54) is 21.8 Å². The molecule has 0 fully saturated rings. The van der Waals surface area contributed by atoms with Gasteiger partial charge in [-0.3, -0.25) is 9.59 Å². The zero-order chi connectivity index (χ0) is 27.8. The van der Waals surface area contributed by atoms with E-state index in [-0.39, 0.29) is 12.5 Å². The first kappa shape index (κ1) is 28.0. The van der Waals surface area contributed by atoms with Crippen molar-refractivity contribution < 1.29 is 19.4 Å². The summed E-state index contributed by atoms with van der Waals surface area (Å²) < 4.78 is 5.99. The Morgan fingerprint density at radius 1 is 0.949 bits per heavy atom. The number of aryl methyl sites for hydroxylation is 1. The number of carboxylic acids is 1. The number of hydrogen-bond donors (Lipinski definition) is 1. The SMILES string of the molecule is CCC(CC)c1ccc(COc2ccc(-c3csc(CN(CC(=O)O)C(=O)c4ccc(C)cc4)n3)cc2)cc1. The normalized spacial score (nSPS) is 11.0. The second-order valence-corrected chi connectivity index (χ2v) is 10.6. The lowest BCUT2D eigenvalue weighted by molar-refractivity contribution is -0.137. The molecule has 0 saturated carbocycles. The maximum Gasteiger partial charge on any atom is 0.323 e. The summed E-state index contributed by atoms with van der Waals surface area (Å²) in [6, 6.07) is 23.5. The maximum absolute atomic E-state index is 13.0. The third-order valence-corrected chi connectivity index (χ3v) is 7.62. The minimum absolute atomic E-state index is 0.126. The lowest BCUT2D eigenvalue weighted by atomic mass is 9.93. The molecule has 0 saturated heterocycles. The van der Waals surface area contributed by atoms with E-state index in [2.05, 4.69) is 43.1 Å². The number of carbonyl (C=O) groups is 2. The molecule has 1 N–H and O–H groups in total. The van der Waals surface area contributed by atoms with Gasteiger partial charge in [-0.2, -0.15) is 0 Å². The number of rotatable bonds is 12. The fraction of sp³-hybridized carbons (Fsp3) is 0.281. The zero-order valence-corrected chi connectivity index (χ0v) is 23.4. The first-order valence-electron chi connectivity index (χ1n) is 13.2. The number of ether oxygens (including phenoxy) is 1. The van der Waals surface area contributed by atoms with Gasteiger partial charge in [0.15, 0.2) is 0 Å². The van der Waals surface area contributed by atoms with Crippen LogP contribution in [0.5, 0.6) is 5.75 Å². The van der Waals surface area contributed by atoms with Crippen LogP contribution in [-0.4, -0.2) is 33.4 Å². The van der Waals surface area contributed by atoms with Crippen LogP contribution < -0.4 is 4.74 Å². The van der Waals surface area contributed by atoms with E-state index in [4.69, 9.17) is 4.74 Å². The van der Waals surface area contributed by atoms with Crippen LogP contribution in [0.2, 0.25) is 0 Å². The number of amides is 1. The summed E-state index contributed by atoms with van der Waals surface area (Å²) in [5, 5.41) is 11.9. The number of aromatic nitrogens is 1. The highest BCUT2D eigenvalue weighted by molar-refractivity contribution is 7.09. The Hall–Kier alpha value is -3.97. The molecule has 4 rings (SSSR count).